The van der Waals surface area contributed by atoms with E-state index in [2.05, 4.69) is 0 Å². The molecule has 4 aromatic rings. The lowest BCUT2D eigenvalue weighted by Crippen LogP contribution is -2.19. The normalized spacial score (nSPS) is 13.9. The van der Waals surface area contributed by atoms with Gasteiger partial charge in [-0.15, -0.1) is 0 Å². The molecule has 0 saturated heterocycles. The summed E-state index contributed by atoms with van der Waals surface area (Å²) in [6.45, 7) is 32.1. The highest BCUT2D eigenvalue weighted by Crippen LogP contribution is 2.81. The van der Waals surface area contributed by atoms with E-state index in [1.165, 1.54) is 0 Å². The van der Waals surface area contributed by atoms with Crippen LogP contribution in [0.15, 0.2) is 60.7 Å². The summed E-state index contributed by atoms with van der Waals surface area (Å²) in [7, 11) is -18.1. The maximum atomic E-state index is 15.8. The molecule has 0 saturated carbocycles. The van der Waals surface area contributed by atoms with E-state index in [1.54, 1.807) is 135 Å². The Morgan fingerprint density at radius 1 is 0.362 bits per heavy atom. The monoisotopic (exact) mass is 1190 g/mol. The SMILES string of the molecule is CCCOc1c2cccc1Cc1cc(C(P(=O)(OC(C)C)OC(C)C)P(=O)(OC(C)C)OC(C)C)cc(c1O)Cc1cccc(c1OCCC)Cc1cc(C(P(=O)(OC(C)C)OC(C)C)P(=O)(OC(C)C)OC(C)C)cc(c1O)C2. The Balaban J connectivity index is 2.00. The number of benzene rings is 4. The minimum Gasteiger partial charge on any atom is -0.507 e. The third-order valence-corrected chi connectivity index (χ3v) is 24.7. The molecular weight excluding hydrogens is 1100 g/mol. The standard InChI is InChI=1S/C60H92O16P4/c1-19-27-67-57-45-23-21-24-46(57)30-50-34-54(60(79(65,73-41(11)12)74-42(13)14)80(66,75-43(15)16)76-44(17)18)36-52(56(50)62)32-48-26-22-25-47(58(48)68-28-20-2)31-51-35-53(33-49(29-45)55(51)61)59(77(63,69-37(3)4)70-38(5)6)78(64,71-39(7)8)72-40(9)10/h21-26,33-44,59-62H,19-20,27-32H2,1-18H3. The summed E-state index contributed by atoms with van der Waals surface area (Å²) in [5, 5.41) is 22.3. The summed E-state index contributed by atoms with van der Waals surface area (Å²) in [5.41, 5.74) is 4.52. The van der Waals surface area contributed by atoms with Gasteiger partial charge >= 0.3 is 30.4 Å². The first-order valence-electron chi connectivity index (χ1n) is 28.4. The molecule has 0 atom stereocenters. The van der Waals surface area contributed by atoms with Crippen molar-refractivity contribution in [3.63, 3.8) is 0 Å². The van der Waals surface area contributed by atoms with Gasteiger partial charge in [-0.05, 0) is 179 Å². The van der Waals surface area contributed by atoms with E-state index in [1.807, 2.05) is 50.2 Å². The van der Waals surface area contributed by atoms with Crippen molar-refractivity contribution in [2.24, 2.45) is 0 Å². The van der Waals surface area contributed by atoms with E-state index < -0.39 is 90.0 Å². The fraction of sp³-hybridized carbons (Fsp3) is 0.600. The Morgan fingerprint density at radius 3 is 0.738 bits per heavy atom. The number of rotatable bonds is 28. The zero-order valence-corrected chi connectivity index (χ0v) is 54.2. The topological polar surface area (TPSA) is 201 Å². The Bertz CT molecular complexity index is 2480. The second-order valence-corrected chi connectivity index (χ2v) is 31.6. The van der Waals surface area contributed by atoms with Crippen molar-refractivity contribution in [1.82, 2.24) is 0 Å². The quantitative estimate of drug-likeness (QED) is 0.0447. The molecule has 448 valence electrons. The average Bonchev–Trinajstić information content (AvgIpc) is 3.28. The number of phenolic OH excluding ortho intramolecular Hbond substituents is 2. The summed E-state index contributed by atoms with van der Waals surface area (Å²) >= 11 is 0. The molecule has 0 radical (unpaired) electrons. The van der Waals surface area contributed by atoms with Crippen LogP contribution in [0.3, 0.4) is 0 Å². The van der Waals surface area contributed by atoms with Gasteiger partial charge < -0.3 is 55.9 Å². The smallest absolute Gasteiger partial charge is 0.350 e. The van der Waals surface area contributed by atoms with Crippen LogP contribution in [-0.4, -0.2) is 72.3 Å². The van der Waals surface area contributed by atoms with Gasteiger partial charge in [0.2, 0.25) is 0 Å². The minimum atomic E-state index is -4.52. The number of aromatic hydroxyl groups is 2. The first kappa shape index (κ1) is 67.5. The van der Waals surface area contributed by atoms with Gasteiger partial charge in [0, 0.05) is 25.7 Å². The van der Waals surface area contributed by atoms with Crippen molar-refractivity contribution < 1.29 is 74.1 Å². The second-order valence-electron chi connectivity index (χ2n) is 22.7. The summed E-state index contributed by atoms with van der Waals surface area (Å²) in [5.74, 6) is 0.795. The third kappa shape index (κ3) is 17.4. The molecule has 80 heavy (non-hydrogen) atoms. The van der Waals surface area contributed by atoms with Gasteiger partial charge in [-0.2, -0.15) is 0 Å². The molecule has 16 nitrogen and oxygen atoms in total. The molecule has 8 bridgehead atoms. The van der Waals surface area contributed by atoms with Crippen LogP contribution in [0.25, 0.3) is 0 Å². The number of hydrogen-bond acceptors (Lipinski definition) is 16. The van der Waals surface area contributed by atoms with Crippen molar-refractivity contribution in [2.45, 2.75) is 223 Å². The summed E-state index contributed by atoms with van der Waals surface area (Å²) in [6.07, 6.45) is -3.77. The van der Waals surface area contributed by atoms with Crippen LogP contribution in [0, 0.1) is 0 Å². The van der Waals surface area contributed by atoms with Crippen LogP contribution in [0.5, 0.6) is 23.0 Å². The summed E-state index contributed by atoms with van der Waals surface area (Å²) in [6, 6.07) is 17.9. The van der Waals surface area contributed by atoms with Crippen LogP contribution in [0.4, 0.5) is 0 Å². The zero-order valence-electron chi connectivity index (χ0n) is 50.6. The van der Waals surface area contributed by atoms with E-state index in [9.17, 15) is 10.2 Å². The van der Waals surface area contributed by atoms with Crippen LogP contribution < -0.4 is 9.47 Å². The number of hydrogen-bond donors (Lipinski definition) is 2. The lowest BCUT2D eigenvalue weighted by atomic mass is 9.90. The number of fused-ring (bicyclic) bond motifs is 8. The minimum absolute atomic E-state index is 0.0378. The first-order valence-corrected chi connectivity index (χ1v) is 34.8. The molecule has 0 amide bonds. The molecule has 0 aromatic heterocycles. The molecule has 2 N–H and O–H groups in total. The Labute approximate surface area is 477 Å². The predicted molar refractivity (Wildman–Crippen MR) is 318 cm³/mol. The van der Waals surface area contributed by atoms with Crippen molar-refractivity contribution in [1.29, 1.82) is 0 Å². The van der Waals surface area contributed by atoms with Crippen LogP contribution in [0.1, 0.15) is 204 Å². The molecular formula is C60H92O16P4. The van der Waals surface area contributed by atoms with Gasteiger partial charge in [-0.1, -0.05) is 74.5 Å². The largest absolute Gasteiger partial charge is 0.507 e. The van der Waals surface area contributed by atoms with Crippen molar-refractivity contribution in [3.05, 3.63) is 116 Å². The second kappa shape index (κ2) is 29.0. The number of para-hydroxylation sites is 2. The predicted octanol–water partition coefficient (Wildman–Crippen LogP) is 17.5. The van der Waals surface area contributed by atoms with Gasteiger partial charge in [-0.3, -0.25) is 18.3 Å². The van der Waals surface area contributed by atoms with Gasteiger partial charge in [-0.25, -0.2) is 0 Å². The molecule has 4 aromatic carbocycles. The number of phenols is 2. The molecule has 0 aliphatic heterocycles. The van der Waals surface area contributed by atoms with E-state index in [0.29, 0.717) is 82.1 Å². The van der Waals surface area contributed by atoms with Crippen molar-refractivity contribution in [2.75, 3.05) is 13.2 Å². The van der Waals surface area contributed by atoms with Gasteiger partial charge in [0.1, 0.15) is 23.0 Å². The van der Waals surface area contributed by atoms with Crippen molar-refractivity contribution >= 4 is 30.4 Å². The van der Waals surface area contributed by atoms with Gasteiger partial charge in [0.05, 0.1) is 62.0 Å². The lowest BCUT2D eigenvalue weighted by molar-refractivity contribution is 0.120. The van der Waals surface area contributed by atoms with Crippen LogP contribution >= 0.6 is 30.4 Å². The van der Waals surface area contributed by atoms with Gasteiger partial charge in [0.15, 0.2) is 10.8 Å². The van der Waals surface area contributed by atoms with E-state index in [-0.39, 0.29) is 48.3 Å². The van der Waals surface area contributed by atoms with Crippen LogP contribution in [0.2, 0.25) is 0 Å². The highest BCUT2D eigenvalue weighted by molar-refractivity contribution is 7.72. The maximum Gasteiger partial charge on any atom is 0.350 e. The lowest BCUT2D eigenvalue weighted by Gasteiger charge is -2.36. The molecule has 0 spiro atoms. The first-order chi connectivity index (χ1) is 37.4. The number of ether oxygens (including phenoxy) is 2. The third-order valence-electron chi connectivity index (χ3n) is 12.0. The fourth-order valence-electron chi connectivity index (χ4n) is 9.83. The van der Waals surface area contributed by atoms with Crippen molar-refractivity contribution in [3.8, 4) is 23.0 Å². The maximum absolute atomic E-state index is 15.8. The van der Waals surface area contributed by atoms with E-state index in [0.717, 1.165) is 0 Å². The molecule has 0 fully saturated rings. The molecule has 0 heterocycles. The van der Waals surface area contributed by atoms with Crippen LogP contribution in [-0.2, 0) is 80.1 Å². The fourth-order valence-corrected chi connectivity index (χ4v) is 21.8. The van der Waals surface area contributed by atoms with E-state index in [4.69, 9.17) is 45.7 Å². The zero-order chi connectivity index (χ0) is 59.7. The molecule has 20 heteroatoms. The highest BCUT2D eigenvalue weighted by atomic mass is 31.2. The molecule has 5 rings (SSSR count). The summed E-state index contributed by atoms with van der Waals surface area (Å²) in [4.78, 5) is 0. The Hall–Kier alpha value is -3.32. The highest BCUT2D eigenvalue weighted by Gasteiger charge is 2.56. The summed E-state index contributed by atoms with van der Waals surface area (Å²) < 4.78 is 127. The average molecular weight is 1190 g/mol. The Kier molecular flexibility index (Phi) is 24.4. The van der Waals surface area contributed by atoms with E-state index >= 15 is 18.3 Å². The van der Waals surface area contributed by atoms with Gasteiger partial charge in [0.25, 0.3) is 0 Å². The Morgan fingerprint density at radius 2 is 0.562 bits per heavy atom. The molecule has 1 aliphatic carbocycles. The molecule has 1 aliphatic rings. The molecule has 0 unspecified atom stereocenters.